The van der Waals surface area contributed by atoms with Gasteiger partial charge >= 0.3 is 0 Å². The van der Waals surface area contributed by atoms with Crippen LogP contribution >= 0.6 is 12.4 Å². The van der Waals surface area contributed by atoms with Crippen LogP contribution in [0.25, 0.3) is 0 Å². The number of hydrogen-bond donors (Lipinski definition) is 1. The van der Waals surface area contributed by atoms with Crippen LogP contribution in [0.15, 0.2) is 24.3 Å². The van der Waals surface area contributed by atoms with Crippen molar-refractivity contribution in [1.29, 1.82) is 5.26 Å². The Morgan fingerprint density at radius 1 is 1.20 bits per heavy atom. The topological polar surface area (TPSA) is 59.0 Å². The first-order chi connectivity index (χ1) is 6.86. The quantitative estimate of drug-likeness (QED) is 0.783. The summed E-state index contributed by atoms with van der Waals surface area (Å²) in [5.74, 6) is 0.807. The fourth-order valence-corrected chi connectivity index (χ4v) is 1.06. The zero-order valence-corrected chi connectivity index (χ0v) is 9.30. The van der Waals surface area contributed by atoms with Crippen LogP contribution in [0.4, 0.5) is 0 Å². The van der Waals surface area contributed by atoms with Crippen molar-refractivity contribution in [1.82, 2.24) is 0 Å². The molecule has 0 aliphatic rings. The van der Waals surface area contributed by atoms with Gasteiger partial charge in [-0.15, -0.1) is 12.4 Å². The van der Waals surface area contributed by atoms with Crippen LogP contribution in [-0.2, 0) is 0 Å². The maximum atomic E-state index is 8.57. The molecule has 0 atom stereocenters. The standard InChI is InChI=1S/C11H14N2O.ClH/c12-7-1-2-8-14-11-5-3-10(9-13)4-6-11;/h3-6H,1-2,7-8,12H2;1H. The van der Waals surface area contributed by atoms with E-state index in [-0.39, 0.29) is 12.4 Å². The van der Waals surface area contributed by atoms with E-state index in [0.717, 1.165) is 18.6 Å². The van der Waals surface area contributed by atoms with Crippen LogP contribution < -0.4 is 10.5 Å². The van der Waals surface area contributed by atoms with Gasteiger partial charge in [0, 0.05) is 0 Å². The number of hydrogen-bond acceptors (Lipinski definition) is 3. The minimum Gasteiger partial charge on any atom is -0.494 e. The fourth-order valence-electron chi connectivity index (χ4n) is 1.06. The molecule has 2 N–H and O–H groups in total. The first-order valence-electron chi connectivity index (χ1n) is 4.70. The molecule has 0 heterocycles. The summed E-state index contributed by atoms with van der Waals surface area (Å²) < 4.78 is 5.44. The molecule has 0 spiro atoms. The molecule has 0 aromatic heterocycles. The molecule has 1 aromatic carbocycles. The third kappa shape index (κ3) is 5.26. The summed E-state index contributed by atoms with van der Waals surface area (Å²) in [6.45, 7) is 1.39. The van der Waals surface area contributed by atoms with Gasteiger partial charge in [0.2, 0.25) is 0 Å². The van der Waals surface area contributed by atoms with Crippen LogP contribution in [0, 0.1) is 11.3 Å². The van der Waals surface area contributed by atoms with E-state index >= 15 is 0 Å². The number of nitrogens with zero attached hydrogens (tertiary/aromatic N) is 1. The lowest BCUT2D eigenvalue weighted by atomic mass is 10.2. The number of ether oxygens (including phenoxy) is 1. The molecule has 3 nitrogen and oxygen atoms in total. The average molecular weight is 227 g/mol. The molecule has 0 aliphatic heterocycles. The minimum absolute atomic E-state index is 0. The van der Waals surface area contributed by atoms with Gasteiger partial charge in [0.1, 0.15) is 5.75 Å². The van der Waals surface area contributed by atoms with Crippen LogP contribution in [0.3, 0.4) is 0 Å². The first kappa shape index (κ1) is 13.8. The zero-order chi connectivity index (χ0) is 10.2. The molecule has 0 amide bonds. The molecule has 0 fully saturated rings. The SMILES string of the molecule is Cl.N#Cc1ccc(OCCCCN)cc1. The zero-order valence-electron chi connectivity index (χ0n) is 8.48. The molecular formula is C11H15ClN2O. The number of benzene rings is 1. The van der Waals surface area contributed by atoms with Gasteiger partial charge in [0.05, 0.1) is 18.2 Å². The van der Waals surface area contributed by atoms with Crippen LogP contribution in [0.1, 0.15) is 18.4 Å². The molecule has 0 bridgehead atoms. The van der Waals surface area contributed by atoms with Crippen molar-refractivity contribution in [2.75, 3.05) is 13.2 Å². The van der Waals surface area contributed by atoms with Gasteiger partial charge in [0.15, 0.2) is 0 Å². The van der Waals surface area contributed by atoms with Gasteiger partial charge in [-0.25, -0.2) is 0 Å². The second-order valence-electron chi connectivity index (χ2n) is 2.98. The molecule has 0 saturated heterocycles. The Balaban J connectivity index is 0.00000196. The van der Waals surface area contributed by atoms with Gasteiger partial charge in [0.25, 0.3) is 0 Å². The molecule has 0 saturated carbocycles. The van der Waals surface area contributed by atoms with E-state index in [9.17, 15) is 0 Å². The molecular weight excluding hydrogens is 212 g/mol. The van der Waals surface area contributed by atoms with E-state index in [4.69, 9.17) is 15.7 Å². The normalized spacial score (nSPS) is 8.80. The lowest BCUT2D eigenvalue weighted by Gasteiger charge is -2.04. The van der Waals surface area contributed by atoms with Crippen molar-refractivity contribution in [2.45, 2.75) is 12.8 Å². The summed E-state index contributed by atoms with van der Waals surface area (Å²) in [7, 11) is 0. The maximum Gasteiger partial charge on any atom is 0.119 e. The average Bonchev–Trinajstić information content (AvgIpc) is 2.25. The summed E-state index contributed by atoms with van der Waals surface area (Å²) in [6.07, 6.45) is 1.95. The molecule has 82 valence electrons. The third-order valence-corrected chi connectivity index (χ3v) is 1.85. The Kier molecular flexibility index (Phi) is 7.43. The smallest absolute Gasteiger partial charge is 0.119 e. The van der Waals surface area contributed by atoms with Crippen LogP contribution in [0.2, 0.25) is 0 Å². The van der Waals surface area contributed by atoms with E-state index in [2.05, 4.69) is 6.07 Å². The Labute approximate surface area is 96.3 Å². The summed E-state index contributed by atoms with van der Waals surface area (Å²) >= 11 is 0. The number of halogens is 1. The molecule has 15 heavy (non-hydrogen) atoms. The Morgan fingerprint density at radius 3 is 2.40 bits per heavy atom. The highest BCUT2D eigenvalue weighted by Crippen LogP contribution is 2.11. The Hall–Kier alpha value is -1.24. The Morgan fingerprint density at radius 2 is 1.87 bits per heavy atom. The lowest BCUT2D eigenvalue weighted by Crippen LogP contribution is -2.03. The fraction of sp³-hybridized carbons (Fsp3) is 0.364. The number of nitrogens with two attached hydrogens (primary N) is 1. The van der Waals surface area contributed by atoms with Crippen molar-refractivity contribution in [3.8, 4) is 11.8 Å². The largest absolute Gasteiger partial charge is 0.494 e. The van der Waals surface area contributed by atoms with E-state index in [1.165, 1.54) is 0 Å². The van der Waals surface area contributed by atoms with Crippen LogP contribution in [-0.4, -0.2) is 13.2 Å². The third-order valence-electron chi connectivity index (χ3n) is 1.85. The number of rotatable bonds is 5. The van der Waals surface area contributed by atoms with Crippen molar-refractivity contribution in [3.63, 3.8) is 0 Å². The molecule has 4 heteroatoms. The van der Waals surface area contributed by atoms with Crippen molar-refractivity contribution in [3.05, 3.63) is 29.8 Å². The highest BCUT2D eigenvalue weighted by Gasteiger charge is 1.93. The van der Waals surface area contributed by atoms with E-state index in [1.807, 2.05) is 0 Å². The summed E-state index contributed by atoms with van der Waals surface area (Å²) in [5.41, 5.74) is 6.01. The van der Waals surface area contributed by atoms with Crippen molar-refractivity contribution in [2.24, 2.45) is 5.73 Å². The van der Waals surface area contributed by atoms with Gasteiger partial charge in [-0.1, -0.05) is 0 Å². The molecule has 0 aliphatic carbocycles. The van der Waals surface area contributed by atoms with Crippen molar-refractivity contribution >= 4 is 12.4 Å². The highest BCUT2D eigenvalue weighted by atomic mass is 35.5. The van der Waals surface area contributed by atoms with Gasteiger partial charge in [-0.2, -0.15) is 5.26 Å². The van der Waals surface area contributed by atoms with Gasteiger partial charge in [-0.05, 0) is 43.7 Å². The lowest BCUT2D eigenvalue weighted by molar-refractivity contribution is 0.308. The monoisotopic (exact) mass is 226 g/mol. The summed E-state index contributed by atoms with van der Waals surface area (Å²) in [5, 5.41) is 8.57. The van der Waals surface area contributed by atoms with E-state index in [0.29, 0.717) is 18.7 Å². The van der Waals surface area contributed by atoms with E-state index < -0.39 is 0 Å². The number of nitriles is 1. The predicted molar refractivity (Wildman–Crippen MR) is 62.2 cm³/mol. The van der Waals surface area contributed by atoms with Crippen LogP contribution in [0.5, 0.6) is 5.75 Å². The second kappa shape index (κ2) is 8.10. The second-order valence-corrected chi connectivity index (χ2v) is 2.98. The summed E-state index contributed by atoms with van der Waals surface area (Å²) in [4.78, 5) is 0. The Bertz CT molecular complexity index is 305. The minimum atomic E-state index is 0. The van der Waals surface area contributed by atoms with Gasteiger partial charge in [-0.3, -0.25) is 0 Å². The van der Waals surface area contributed by atoms with E-state index in [1.54, 1.807) is 24.3 Å². The van der Waals surface area contributed by atoms with Crippen molar-refractivity contribution < 1.29 is 4.74 Å². The predicted octanol–water partition coefficient (Wildman–Crippen LogP) is 2.10. The highest BCUT2D eigenvalue weighted by molar-refractivity contribution is 5.85. The summed E-state index contributed by atoms with van der Waals surface area (Å²) in [6, 6.07) is 9.17. The first-order valence-corrected chi connectivity index (χ1v) is 4.70. The maximum absolute atomic E-state index is 8.57. The molecule has 0 unspecified atom stereocenters. The molecule has 1 aromatic rings. The molecule has 1 rings (SSSR count). The number of unbranched alkanes of at least 4 members (excludes halogenated alkanes) is 1. The van der Waals surface area contributed by atoms with Gasteiger partial charge < -0.3 is 10.5 Å². The molecule has 0 radical (unpaired) electrons.